The van der Waals surface area contributed by atoms with Crippen molar-refractivity contribution >= 4 is 6.29 Å². The van der Waals surface area contributed by atoms with Crippen molar-refractivity contribution in [3.05, 3.63) is 0 Å². The zero-order chi connectivity index (χ0) is 8.10. The van der Waals surface area contributed by atoms with Crippen LogP contribution in [0.3, 0.4) is 0 Å². The van der Waals surface area contributed by atoms with Gasteiger partial charge in [-0.25, -0.2) is 0 Å². The molecular formula is C9H16O2. The summed E-state index contributed by atoms with van der Waals surface area (Å²) in [4.78, 5) is 10.3. The minimum atomic E-state index is -0.210. The molecule has 0 bridgehead atoms. The van der Waals surface area contributed by atoms with Crippen molar-refractivity contribution in [2.24, 2.45) is 0 Å². The first-order valence-corrected chi connectivity index (χ1v) is 4.43. The zero-order valence-electron chi connectivity index (χ0n) is 7.08. The molecule has 1 atom stereocenters. The predicted octanol–water partition coefficient (Wildman–Crippen LogP) is 1.92. The van der Waals surface area contributed by atoms with Crippen LogP contribution in [0.4, 0.5) is 0 Å². The number of aldehydes is 1. The van der Waals surface area contributed by atoms with Gasteiger partial charge in [-0.2, -0.15) is 0 Å². The van der Waals surface area contributed by atoms with Gasteiger partial charge in [0.05, 0.1) is 6.10 Å². The Morgan fingerprint density at radius 1 is 1.36 bits per heavy atom. The summed E-state index contributed by atoms with van der Waals surface area (Å²) < 4.78 is 5.47. The average molecular weight is 156 g/mol. The minimum Gasteiger partial charge on any atom is -0.368 e. The second-order valence-corrected chi connectivity index (χ2v) is 3.24. The number of ether oxygens (including phenoxy) is 1. The standard InChI is InChI=1S/C9H16O2/c1-8(7-10)11-9-5-3-2-4-6-9/h7-9H,2-6H2,1H3/t8-/m0/s1. The first kappa shape index (κ1) is 8.72. The Kier molecular flexibility index (Phi) is 3.57. The van der Waals surface area contributed by atoms with E-state index in [1.54, 1.807) is 0 Å². The molecule has 11 heavy (non-hydrogen) atoms. The lowest BCUT2D eigenvalue weighted by atomic mass is 9.98. The van der Waals surface area contributed by atoms with Crippen molar-refractivity contribution in [1.82, 2.24) is 0 Å². The van der Waals surface area contributed by atoms with Crippen LogP contribution in [0.15, 0.2) is 0 Å². The lowest BCUT2D eigenvalue weighted by Gasteiger charge is -2.23. The van der Waals surface area contributed by atoms with Gasteiger partial charge in [0.15, 0.2) is 0 Å². The maximum absolute atomic E-state index is 10.3. The molecule has 2 heteroatoms. The topological polar surface area (TPSA) is 26.3 Å². The number of rotatable bonds is 3. The van der Waals surface area contributed by atoms with Crippen molar-refractivity contribution in [3.63, 3.8) is 0 Å². The van der Waals surface area contributed by atoms with Gasteiger partial charge in [0.1, 0.15) is 12.4 Å². The minimum absolute atomic E-state index is 0.210. The van der Waals surface area contributed by atoms with Crippen LogP contribution in [0, 0.1) is 0 Å². The van der Waals surface area contributed by atoms with E-state index in [9.17, 15) is 4.79 Å². The maximum atomic E-state index is 10.3. The van der Waals surface area contributed by atoms with Crippen LogP contribution >= 0.6 is 0 Å². The fraction of sp³-hybridized carbons (Fsp3) is 0.889. The molecule has 0 aromatic heterocycles. The Bertz CT molecular complexity index is 117. The quantitative estimate of drug-likeness (QED) is 0.583. The second kappa shape index (κ2) is 4.50. The Morgan fingerprint density at radius 2 is 2.00 bits per heavy atom. The molecule has 0 radical (unpaired) electrons. The van der Waals surface area contributed by atoms with E-state index in [0.717, 1.165) is 19.1 Å². The molecular weight excluding hydrogens is 140 g/mol. The summed E-state index contributed by atoms with van der Waals surface area (Å²) >= 11 is 0. The number of hydrogen-bond acceptors (Lipinski definition) is 2. The van der Waals surface area contributed by atoms with Gasteiger partial charge in [-0.15, -0.1) is 0 Å². The van der Waals surface area contributed by atoms with E-state index in [1.165, 1.54) is 19.3 Å². The summed E-state index contributed by atoms with van der Waals surface area (Å²) in [5.41, 5.74) is 0. The van der Waals surface area contributed by atoms with Crippen molar-refractivity contribution in [3.8, 4) is 0 Å². The van der Waals surface area contributed by atoms with Crippen molar-refractivity contribution in [2.45, 2.75) is 51.2 Å². The number of hydrogen-bond donors (Lipinski definition) is 0. The van der Waals surface area contributed by atoms with E-state index in [0.29, 0.717) is 6.10 Å². The first-order chi connectivity index (χ1) is 5.33. The van der Waals surface area contributed by atoms with Gasteiger partial charge in [0, 0.05) is 0 Å². The highest BCUT2D eigenvalue weighted by Gasteiger charge is 2.15. The van der Waals surface area contributed by atoms with Crippen molar-refractivity contribution in [2.75, 3.05) is 0 Å². The fourth-order valence-electron chi connectivity index (χ4n) is 1.54. The van der Waals surface area contributed by atoms with E-state index in [2.05, 4.69) is 0 Å². The Balaban J connectivity index is 2.18. The first-order valence-electron chi connectivity index (χ1n) is 4.43. The summed E-state index contributed by atoms with van der Waals surface area (Å²) in [5, 5.41) is 0. The molecule has 1 fully saturated rings. The van der Waals surface area contributed by atoms with Gasteiger partial charge in [-0.3, -0.25) is 0 Å². The highest BCUT2D eigenvalue weighted by molar-refractivity contribution is 5.55. The normalized spacial score (nSPS) is 23.0. The molecule has 0 heterocycles. The Morgan fingerprint density at radius 3 is 2.55 bits per heavy atom. The largest absolute Gasteiger partial charge is 0.368 e. The van der Waals surface area contributed by atoms with Gasteiger partial charge in [-0.05, 0) is 19.8 Å². The molecule has 0 unspecified atom stereocenters. The molecule has 0 saturated heterocycles. The van der Waals surface area contributed by atoms with Gasteiger partial charge < -0.3 is 9.53 Å². The third-order valence-electron chi connectivity index (χ3n) is 2.15. The molecule has 1 aliphatic rings. The predicted molar refractivity (Wildman–Crippen MR) is 43.5 cm³/mol. The summed E-state index contributed by atoms with van der Waals surface area (Å²) in [6.07, 6.45) is 7.13. The second-order valence-electron chi connectivity index (χ2n) is 3.24. The summed E-state index contributed by atoms with van der Waals surface area (Å²) in [7, 11) is 0. The smallest absolute Gasteiger partial charge is 0.148 e. The van der Waals surface area contributed by atoms with Crippen molar-refractivity contribution < 1.29 is 9.53 Å². The molecule has 1 aliphatic carbocycles. The lowest BCUT2D eigenvalue weighted by Crippen LogP contribution is -2.22. The molecule has 0 spiro atoms. The molecule has 1 saturated carbocycles. The van der Waals surface area contributed by atoms with E-state index in [4.69, 9.17) is 4.74 Å². The number of carbonyl (C=O) groups is 1. The van der Waals surface area contributed by atoms with Crippen LogP contribution in [-0.2, 0) is 9.53 Å². The van der Waals surface area contributed by atoms with Crippen LogP contribution in [-0.4, -0.2) is 18.5 Å². The van der Waals surface area contributed by atoms with Gasteiger partial charge in [0.2, 0.25) is 0 Å². The highest BCUT2D eigenvalue weighted by Crippen LogP contribution is 2.20. The van der Waals surface area contributed by atoms with Gasteiger partial charge in [-0.1, -0.05) is 19.3 Å². The van der Waals surface area contributed by atoms with Gasteiger partial charge >= 0.3 is 0 Å². The third kappa shape index (κ3) is 3.02. The lowest BCUT2D eigenvalue weighted by molar-refractivity contribution is -0.121. The SMILES string of the molecule is C[C@@H](C=O)OC1CCCCC1. The molecule has 0 aromatic carbocycles. The highest BCUT2D eigenvalue weighted by atomic mass is 16.5. The summed E-state index contributed by atoms with van der Waals surface area (Å²) in [5.74, 6) is 0. The molecule has 0 aromatic rings. The maximum Gasteiger partial charge on any atom is 0.148 e. The summed E-state index contributed by atoms with van der Waals surface area (Å²) in [6.45, 7) is 1.81. The Labute approximate surface area is 67.9 Å². The molecule has 64 valence electrons. The molecule has 0 N–H and O–H groups in total. The van der Waals surface area contributed by atoms with E-state index < -0.39 is 0 Å². The van der Waals surface area contributed by atoms with Crippen molar-refractivity contribution in [1.29, 1.82) is 0 Å². The Hall–Kier alpha value is -0.370. The van der Waals surface area contributed by atoms with Crippen LogP contribution < -0.4 is 0 Å². The van der Waals surface area contributed by atoms with Crippen LogP contribution in [0.5, 0.6) is 0 Å². The monoisotopic (exact) mass is 156 g/mol. The van der Waals surface area contributed by atoms with Crippen LogP contribution in [0.1, 0.15) is 39.0 Å². The van der Waals surface area contributed by atoms with Crippen LogP contribution in [0.25, 0.3) is 0 Å². The molecule has 1 rings (SSSR count). The van der Waals surface area contributed by atoms with Gasteiger partial charge in [0.25, 0.3) is 0 Å². The fourth-order valence-corrected chi connectivity index (χ4v) is 1.54. The molecule has 0 aliphatic heterocycles. The molecule has 2 nitrogen and oxygen atoms in total. The van der Waals surface area contributed by atoms with Crippen LogP contribution in [0.2, 0.25) is 0 Å². The van der Waals surface area contributed by atoms with E-state index >= 15 is 0 Å². The van der Waals surface area contributed by atoms with E-state index in [-0.39, 0.29) is 6.10 Å². The third-order valence-corrected chi connectivity index (χ3v) is 2.15. The van der Waals surface area contributed by atoms with E-state index in [1.807, 2.05) is 6.92 Å². The average Bonchev–Trinajstić information content (AvgIpc) is 2.06. The number of carbonyl (C=O) groups excluding carboxylic acids is 1. The summed E-state index contributed by atoms with van der Waals surface area (Å²) in [6, 6.07) is 0. The zero-order valence-corrected chi connectivity index (χ0v) is 7.08. The molecule has 0 amide bonds.